The molecule has 1 aromatic carbocycles. The molecule has 4 N–H and O–H groups in total. The normalized spacial score (nSPS) is 33.3. The molecule has 2 aliphatic rings. The number of hydrogen-bond donors (Lipinski definition) is 4. The number of phosphoric acid groups is 1. The van der Waals surface area contributed by atoms with Crippen LogP contribution in [0.4, 0.5) is 4.39 Å². The number of benzene rings is 1. The average Bonchev–Trinajstić information content (AvgIpc) is 2.94. The summed E-state index contributed by atoms with van der Waals surface area (Å²) in [5.41, 5.74) is -5.15. The first-order chi connectivity index (χ1) is 15.8. The predicted molar refractivity (Wildman–Crippen MR) is 113 cm³/mol. The molecule has 4 rings (SSSR count). The number of rotatable bonds is 5. The Morgan fingerprint density at radius 1 is 1.29 bits per heavy atom. The summed E-state index contributed by atoms with van der Waals surface area (Å²) in [5.74, 6) is -3.75. The number of aliphatic hydroxyl groups excluding tert-OH is 3. The predicted octanol–water partition coefficient (Wildman–Crippen LogP) is -2.05. The van der Waals surface area contributed by atoms with Gasteiger partial charge in [-0.1, -0.05) is 18.2 Å². The Hall–Kier alpha value is -2.19. The van der Waals surface area contributed by atoms with Gasteiger partial charge in [0.2, 0.25) is 0 Å². The van der Waals surface area contributed by atoms with Crippen LogP contribution in [0, 0.1) is 0 Å². The van der Waals surface area contributed by atoms with Gasteiger partial charge in [0.25, 0.3) is 11.4 Å². The van der Waals surface area contributed by atoms with Crippen LogP contribution >= 0.6 is 7.82 Å². The summed E-state index contributed by atoms with van der Waals surface area (Å²) < 4.78 is 49.3. The summed E-state index contributed by atoms with van der Waals surface area (Å²) >= 11 is 0. The fraction of sp³-hybridized carbons (Fsp3) is 0.412. The van der Waals surface area contributed by atoms with Crippen LogP contribution in [-0.2, 0) is 37.2 Å². The monoisotopic (exact) mass is 490 g/mol. The minimum Gasteiger partial charge on any atom is -0.404 e. The maximum Gasteiger partial charge on any atom is 0.529 e. The van der Waals surface area contributed by atoms with Gasteiger partial charge < -0.3 is 24.6 Å². The van der Waals surface area contributed by atoms with E-state index in [1.54, 1.807) is 23.2 Å². The Balaban J connectivity index is 1.69. The number of fused-ring (bicyclic) bond motifs is 1. The standard InChI is InChI=1S/C17H15B3FN2O10P/c18-16(23-5-9(6-24)13(27)22-14(23)28)12(26)11(25)15(21,32-16)17(19,20)33-34(29)30-7-8-3-1-2-4-10(8)31-34/h1-5,11-12,24-26H,6-7H2,(H,22,27,28)/t11-,12+,15-,16-,34?/m0/s1. The van der Waals surface area contributed by atoms with Crippen molar-refractivity contribution in [3.8, 4) is 5.75 Å². The molecule has 5 atom stereocenters. The molecule has 1 fully saturated rings. The van der Waals surface area contributed by atoms with Crippen LogP contribution in [0.1, 0.15) is 11.1 Å². The van der Waals surface area contributed by atoms with Gasteiger partial charge in [0.15, 0.2) is 0 Å². The Morgan fingerprint density at radius 3 is 2.65 bits per heavy atom. The van der Waals surface area contributed by atoms with E-state index < -0.39 is 60.3 Å². The second kappa shape index (κ2) is 8.19. The van der Waals surface area contributed by atoms with Gasteiger partial charge in [0.05, 0.1) is 24.2 Å². The van der Waals surface area contributed by atoms with Gasteiger partial charge in [-0.3, -0.25) is 23.4 Å². The van der Waals surface area contributed by atoms with Crippen LogP contribution in [0.5, 0.6) is 5.75 Å². The molecular weight excluding hydrogens is 475 g/mol. The zero-order valence-electron chi connectivity index (χ0n) is 17.2. The van der Waals surface area contributed by atoms with Gasteiger partial charge in [0, 0.05) is 11.8 Å². The van der Waals surface area contributed by atoms with Crippen LogP contribution in [0.15, 0.2) is 40.1 Å². The lowest BCUT2D eigenvalue weighted by Crippen LogP contribution is -2.60. The number of para-hydroxylation sites is 1. The van der Waals surface area contributed by atoms with Crippen molar-refractivity contribution in [1.82, 2.24) is 9.55 Å². The van der Waals surface area contributed by atoms with Crippen molar-refractivity contribution in [1.29, 1.82) is 0 Å². The van der Waals surface area contributed by atoms with E-state index in [2.05, 4.69) is 0 Å². The van der Waals surface area contributed by atoms with Crippen LogP contribution < -0.4 is 15.8 Å². The molecule has 1 unspecified atom stereocenters. The highest BCUT2D eigenvalue weighted by Gasteiger charge is 2.69. The number of hydrogen-bond acceptors (Lipinski definition) is 10. The fourth-order valence-electron chi connectivity index (χ4n) is 3.47. The third-order valence-electron chi connectivity index (χ3n) is 5.33. The third-order valence-corrected chi connectivity index (χ3v) is 6.73. The molecular formula is C17H15B3FN2O10P. The molecule has 0 saturated carbocycles. The van der Waals surface area contributed by atoms with E-state index in [0.29, 0.717) is 16.3 Å². The maximum absolute atomic E-state index is 16.0. The minimum atomic E-state index is -4.70. The number of aliphatic hydroxyl groups is 3. The van der Waals surface area contributed by atoms with Gasteiger partial charge in [-0.05, 0) is 6.07 Å². The molecule has 0 bridgehead atoms. The number of nitrogens with zero attached hydrogens (tertiary/aromatic N) is 1. The Labute approximate surface area is 194 Å². The Morgan fingerprint density at radius 2 is 1.97 bits per heavy atom. The molecule has 1 aromatic heterocycles. The molecule has 6 radical (unpaired) electrons. The largest absolute Gasteiger partial charge is 0.529 e. The quantitative estimate of drug-likeness (QED) is 0.271. The van der Waals surface area contributed by atoms with Crippen molar-refractivity contribution in [3.05, 3.63) is 62.4 Å². The number of aromatic nitrogens is 2. The first-order valence-electron chi connectivity index (χ1n) is 9.57. The second-order valence-corrected chi connectivity index (χ2v) is 9.15. The highest BCUT2D eigenvalue weighted by Crippen LogP contribution is 2.59. The van der Waals surface area contributed by atoms with E-state index in [9.17, 15) is 29.5 Å². The SMILES string of the molecule is [B]C([B])(OP1(=O)OCc2ccccc2O1)[C@@]1(F)O[C@@]([B])(n2cc(CO)c(=O)[nH]c2=O)[C@H](O)[C@@H]1O. The van der Waals surface area contributed by atoms with Gasteiger partial charge in [-0.15, -0.1) is 0 Å². The number of halogens is 1. The highest BCUT2D eigenvalue weighted by molar-refractivity contribution is 7.49. The third kappa shape index (κ3) is 3.79. The van der Waals surface area contributed by atoms with Crippen molar-refractivity contribution in [2.45, 2.75) is 42.3 Å². The molecule has 17 heteroatoms. The van der Waals surface area contributed by atoms with Crippen molar-refractivity contribution < 1.29 is 42.6 Å². The van der Waals surface area contributed by atoms with Crippen LogP contribution in [0.2, 0.25) is 0 Å². The Kier molecular flexibility index (Phi) is 6.01. The molecule has 2 aromatic rings. The summed E-state index contributed by atoms with van der Waals surface area (Å²) in [5, 5.41) is 26.8. The number of ether oxygens (including phenoxy) is 1. The summed E-state index contributed by atoms with van der Waals surface area (Å²) in [6.45, 7) is -1.16. The number of phosphoric ester groups is 1. The second-order valence-electron chi connectivity index (χ2n) is 7.63. The van der Waals surface area contributed by atoms with Crippen LogP contribution in [0.3, 0.4) is 0 Å². The van der Waals surface area contributed by atoms with Crippen molar-refractivity contribution in [3.63, 3.8) is 0 Å². The van der Waals surface area contributed by atoms with E-state index >= 15 is 4.39 Å². The van der Waals surface area contributed by atoms with E-state index in [1.807, 2.05) is 0 Å². The molecule has 34 heavy (non-hydrogen) atoms. The van der Waals surface area contributed by atoms with E-state index in [4.69, 9.17) is 41.8 Å². The van der Waals surface area contributed by atoms with E-state index in [0.717, 1.165) is 0 Å². The topological polar surface area (TPSA) is 170 Å². The zero-order valence-corrected chi connectivity index (χ0v) is 18.1. The van der Waals surface area contributed by atoms with Crippen molar-refractivity contribution >= 4 is 31.4 Å². The van der Waals surface area contributed by atoms with E-state index in [-0.39, 0.29) is 12.4 Å². The number of aromatic amines is 1. The molecule has 3 heterocycles. The van der Waals surface area contributed by atoms with Gasteiger partial charge in [-0.2, -0.15) is 0 Å². The summed E-state index contributed by atoms with van der Waals surface area (Å²) in [6.07, 6.45) is -4.46. The maximum atomic E-state index is 16.0. The average molecular weight is 490 g/mol. The van der Waals surface area contributed by atoms with Gasteiger partial charge in [-0.25, -0.2) is 13.8 Å². The number of alkyl halides is 1. The highest BCUT2D eigenvalue weighted by atomic mass is 31.2. The molecule has 12 nitrogen and oxygen atoms in total. The molecule has 0 spiro atoms. The molecule has 174 valence electrons. The summed E-state index contributed by atoms with van der Waals surface area (Å²) in [4.78, 5) is 25.8. The van der Waals surface area contributed by atoms with Crippen LogP contribution in [0.25, 0.3) is 0 Å². The smallest absolute Gasteiger partial charge is 0.404 e. The van der Waals surface area contributed by atoms with E-state index in [1.165, 1.54) is 6.07 Å². The first-order valence-corrected chi connectivity index (χ1v) is 11.0. The molecule has 2 aliphatic heterocycles. The molecule has 0 aliphatic carbocycles. The minimum absolute atomic E-state index is 0.0678. The number of nitrogens with one attached hydrogen (secondary N) is 1. The molecule has 1 saturated heterocycles. The van der Waals surface area contributed by atoms with Crippen LogP contribution in [-0.4, -0.2) is 71.9 Å². The fourth-order valence-corrected chi connectivity index (χ4v) is 4.83. The molecule has 0 amide bonds. The number of H-pyrrole nitrogens is 1. The summed E-state index contributed by atoms with van der Waals surface area (Å²) in [6, 6.07) is 6.22. The lowest BCUT2D eigenvalue weighted by Gasteiger charge is -2.42. The lowest BCUT2D eigenvalue weighted by molar-refractivity contribution is -0.240. The van der Waals surface area contributed by atoms with Crippen molar-refractivity contribution in [2.75, 3.05) is 0 Å². The lowest BCUT2D eigenvalue weighted by atomic mass is 9.59. The summed E-state index contributed by atoms with van der Waals surface area (Å²) in [7, 11) is 12.5. The van der Waals surface area contributed by atoms with Gasteiger partial charge >= 0.3 is 13.5 Å². The zero-order chi connectivity index (χ0) is 25.1. The van der Waals surface area contributed by atoms with Crippen molar-refractivity contribution in [2.24, 2.45) is 0 Å². The van der Waals surface area contributed by atoms with Gasteiger partial charge in [0.1, 0.15) is 47.1 Å². The Bertz CT molecular complexity index is 1290. The first kappa shape index (κ1) is 24.9.